The van der Waals surface area contributed by atoms with Gasteiger partial charge < -0.3 is 5.32 Å². The lowest BCUT2D eigenvalue weighted by Gasteiger charge is -2.09. The molecular formula is C17H35N. The molecule has 18 heavy (non-hydrogen) atoms. The summed E-state index contributed by atoms with van der Waals surface area (Å²) in [7, 11) is 0. The van der Waals surface area contributed by atoms with Gasteiger partial charge in [-0.15, -0.1) is 0 Å². The molecule has 1 nitrogen and oxygen atoms in total. The third-order valence-electron chi connectivity index (χ3n) is 4.41. The standard InChI is InChI=1S/C17H35N/c1-2-3-4-5-6-7-8-11-15-18-16-14-17-12-9-10-13-17/h17-18H,2-16H2,1H3. The predicted octanol–water partition coefficient (Wildman–Crippen LogP) is 5.30. The Morgan fingerprint density at radius 2 is 1.39 bits per heavy atom. The summed E-state index contributed by atoms with van der Waals surface area (Å²) in [5.74, 6) is 1.05. The van der Waals surface area contributed by atoms with Crippen molar-refractivity contribution in [3.63, 3.8) is 0 Å². The van der Waals surface area contributed by atoms with Gasteiger partial charge in [-0.2, -0.15) is 0 Å². The fourth-order valence-electron chi connectivity index (χ4n) is 3.11. The van der Waals surface area contributed by atoms with E-state index >= 15 is 0 Å². The molecule has 1 N–H and O–H groups in total. The third-order valence-corrected chi connectivity index (χ3v) is 4.41. The van der Waals surface area contributed by atoms with Crippen LogP contribution in [0.3, 0.4) is 0 Å². The maximum Gasteiger partial charge on any atom is -0.00463 e. The Bertz CT molecular complexity index is 161. The summed E-state index contributed by atoms with van der Waals surface area (Å²) in [4.78, 5) is 0. The van der Waals surface area contributed by atoms with E-state index < -0.39 is 0 Å². The molecule has 0 aliphatic heterocycles. The minimum atomic E-state index is 1.05. The Morgan fingerprint density at radius 1 is 0.778 bits per heavy atom. The molecule has 1 fully saturated rings. The summed E-state index contributed by atoms with van der Waals surface area (Å²) < 4.78 is 0. The van der Waals surface area contributed by atoms with E-state index in [1.807, 2.05) is 0 Å². The summed E-state index contributed by atoms with van der Waals surface area (Å²) in [6.45, 7) is 4.81. The third kappa shape index (κ3) is 8.97. The molecule has 1 saturated carbocycles. The van der Waals surface area contributed by atoms with Crippen LogP contribution in [-0.2, 0) is 0 Å². The van der Waals surface area contributed by atoms with Crippen molar-refractivity contribution in [2.24, 2.45) is 5.92 Å². The van der Waals surface area contributed by atoms with Gasteiger partial charge in [0.15, 0.2) is 0 Å². The molecular weight excluding hydrogens is 218 g/mol. The number of hydrogen-bond donors (Lipinski definition) is 1. The zero-order valence-electron chi connectivity index (χ0n) is 12.7. The van der Waals surface area contributed by atoms with Gasteiger partial charge in [0.2, 0.25) is 0 Å². The number of hydrogen-bond acceptors (Lipinski definition) is 1. The zero-order valence-corrected chi connectivity index (χ0v) is 12.7. The molecule has 1 rings (SSSR count). The van der Waals surface area contributed by atoms with Gasteiger partial charge in [-0.05, 0) is 31.8 Å². The highest BCUT2D eigenvalue weighted by Gasteiger charge is 2.13. The average Bonchev–Trinajstić information content (AvgIpc) is 2.89. The van der Waals surface area contributed by atoms with E-state index in [4.69, 9.17) is 0 Å². The highest BCUT2D eigenvalue weighted by atomic mass is 14.8. The van der Waals surface area contributed by atoms with E-state index in [1.54, 1.807) is 0 Å². The van der Waals surface area contributed by atoms with Gasteiger partial charge in [0, 0.05) is 0 Å². The molecule has 108 valence electrons. The minimum Gasteiger partial charge on any atom is -0.317 e. The first kappa shape index (κ1) is 16.0. The molecule has 0 aromatic rings. The van der Waals surface area contributed by atoms with Crippen molar-refractivity contribution < 1.29 is 0 Å². The van der Waals surface area contributed by atoms with Crippen LogP contribution in [0, 0.1) is 5.92 Å². The first-order valence-corrected chi connectivity index (χ1v) is 8.64. The largest absolute Gasteiger partial charge is 0.317 e. The van der Waals surface area contributed by atoms with Gasteiger partial charge in [0.05, 0.1) is 0 Å². The molecule has 0 bridgehead atoms. The molecule has 1 heteroatoms. The van der Waals surface area contributed by atoms with Crippen LogP contribution in [0.4, 0.5) is 0 Å². The van der Waals surface area contributed by atoms with E-state index in [-0.39, 0.29) is 0 Å². The second kappa shape index (κ2) is 12.0. The van der Waals surface area contributed by atoms with Crippen molar-refractivity contribution in [3.05, 3.63) is 0 Å². The van der Waals surface area contributed by atoms with Crippen molar-refractivity contribution in [2.75, 3.05) is 13.1 Å². The SMILES string of the molecule is CCCCCCCCCCNCCC1CCCC1. The summed E-state index contributed by atoms with van der Waals surface area (Å²) in [6.07, 6.45) is 18.9. The van der Waals surface area contributed by atoms with E-state index in [2.05, 4.69) is 12.2 Å². The Labute approximate surface area is 115 Å². The monoisotopic (exact) mass is 253 g/mol. The molecule has 0 amide bonds. The smallest absolute Gasteiger partial charge is 0.00463 e. The van der Waals surface area contributed by atoms with Gasteiger partial charge in [0.25, 0.3) is 0 Å². The fraction of sp³-hybridized carbons (Fsp3) is 1.00. The number of unbranched alkanes of at least 4 members (excludes halogenated alkanes) is 7. The summed E-state index contributed by atoms with van der Waals surface area (Å²) in [5.41, 5.74) is 0. The van der Waals surface area contributed by atoms with Crippen molar-refractivity contribution in [2.45, 2.75) is 90.4 Å². The maximum absolute atomic E-state index is 3.62. The molecule has 0 radical (unpaired) electrons. The lowest BCUT2D eigenvalue weighted by atomic mass is 10.0. The molecule has 0 aromatic heterocycles. The van der Waals surface area contributed by atoms with Crippen LogP contribution >= 0.6 is 0 Å². The normalized spacial score (nSPS) is 16.5. The number of nitrogens with one attached hydrogen (secondary N) is 1. The van der Waals surface area contributed by atoms with Gasteiger partial charge >= 0.3 is 0 Å². The topological polar surface area (TPSA) is 12.0 Å². The van der Waals surface area contributed by atoms with Crippen molar-refractivity contribution in [1.29, 1.82) is 0 Å². The first-order valence-electron chi connectivity index (χ1n) is 8.64. The molecule has 0 atom stereocenters. The van der Waals surface area contributed by atoms with Crippen LogP contribution in [0.15, 0.2) is 0 Å². The quantitative estimate of drug-likeness (QED) is 0.466. The fourth-order valence-corrected chi connectivity index (χ4v) is 3.11. The minimum absolute atomic E-state index is 1.05. The summed E-state index contributed by atoms with van der Waals surface area (Å²) in [6, 6.07) is 0. The van der Waals surface area contributed by atoms with Crippen LogP contribution in [0.25, 0.3) is 0 Å². The van der Waals surface area contributed by atoms with E-state index in [0.29, 0.717) is 0 Å². The highest BCUT2D eigenvalue weighted by molar-refractivity contribution is 4.68. The molecule has 0 saturated heterocycles. The first-order chi connectivity index (χ1) is 8.93. The zero-order chi connectivity index (χ0) is 12.9. The van der Waals surface area contributed by atoms with Crippen molar-refractivity contribution >= 4 is 0 Å². The van der Waals surface area contributed by atoms with E-state index in [0.717, 1.165) is 5.92 Å². The van der Waals surface area contributed by atoms with Crippen molar-refractivity contribution in [1.82, 2.24) is 5.32 Å². The van der Waals surface area contributed by atoms with Crippen LogP contribution in [0.5, 0.6) is 0 Å². The average molecular weight is 253 g/mol. The molecule has 0 unspecified atom stereocenters. The van der Waals surface area contributed by atoms with Crippen LogP contribution in [0.2, 0.25) is 0 Å². The Morgan fingerprint density at radius 3 is 2.06 bits per heavy atom. The Kier molecular flexibility index (Phi) is 10.7. The lowest BCUT2D eigenvalue weighted by molar-refractivity contribution is 0.470. The predicted molar refractivity (Wildman–Crippen MR) is 82.1 cm³/mol. The molecule has 0 heterocycles. The molecule has 0 spiro atoms. The van der Waals surface area contributed by atoms with Gasteiger partial charge in [0.1, 0.15) is 0 Å². The molecule has 1 aliphatic carbocycles. The Hall–Kier alpha value is -0.0400. The van der Waals surface area contributed by atoms with Crippen molar-refractivity contribution in [3.8, 4) is 0 Å². The highest BCUT2D eigenvalue weighted by Crippen LogP contribution is 2.26. The summed E-state index contributed by atoms with van der Waals surface area (Å²) in [5, 5.41) is 3.62. The van der Waals surface area contributed by atoms with Crippen LogP contribution in [-0.4, -0.2) is 13.1 Å². The molecule has 1 aliphatic rings. The number of rotatable bonds is 12. The van der Waals surface area contributed by atoms with E-state index in [1.165, 1.54) is 96.6 Å². The van der Waals surface area contributed by atoms with Crippen LogP contribution in [0.1, 0.15) is 90.4 Å². The van der Waals surface area contributed by atoms with Gasteiger partial charge in [-0.1, -0.05) is 77.6 Å². The second-order valence-electron chi connectivity index (χ2n) is 6.16. The lowest BCUT2D eigenvalue weighted by Crippen LogP contribution is -2.18. The maximum atomic E-state index is 3.62. The van der Waals surface area contributed by atoms with E-state index in [9.17, 15) is 0 Å². The van der Waals surface area contributed by atoms with Crippen LogP contribution < -0.4 is 5.32 Å². The van der Waals surface area contributed by atoms with Gasteiger partial charge in [-0.25, -0.2) is 0 Å². The summed E-state index contributed by atoms with van der Waals surface area (Å²) >= 11 is 0. The van der Waals surface area contributed by atoms with Gasteiger partial charge in [-0.3, -0.25) is 0 Å². The molecule has 0 aromatic carbocycles. The second-order valence-corrected chi connectivity index (χ2v) is 6.16. The Balaban J connectivity index is 1.68.